The van der Waals surface area contributed by atoms with Gasteiger partial charge < -0.3 is 15.1 Å². The average molecular weight is 520 g/mol. The highest BCUT2D eigenvalue weighted by atomic mass is 32.2. The number of thioether (sulfide) groups is 1. The lowest BCUT2D eigenvalue weighted by atomic mass is 9.78. The molecule has 2 aliphatic rings. The van der Waals surface area contributed by atoms with E-state index in [9.17, 15) is 14.4 Å². The number of nitrogens with one attached hydrogen (secondary N) is 1. The van der Waals surface area contributed by atoms with E-state index in [1.807, 2.05) is 42.0 Å². The Hall–Kier alpha value is -3.33. The largest absolute Gasteiger partial charge is 0.338 e. The number of urea groups is 1. The zero-order valence-electron chi connectivity index (χ0n) is 21.8. The fourth-order valence-electron chi connectivity index (χ4n) is 5.60. The number of hydrogen-bond acceptors (Lipinski definition) is 5. The molecule has 3 heterocycles. The summed E-state index contributed by atoms with van der Waals surface area (Å²) in [4.78, 5) is 47.3. The smallest absolute Gasteiger partial charge is 0.321 e. The summed E-state index contributed by atoms with van der Waals surface area (Å²) in [6.07, 6.45) is 4.58. The van der Waals surface area contributed by atoms with Crippen LogP contribution in [0.15, 0.2) is 46.3 Å². The van der Waals surface area contributed by atoms with Crippen molar-refractivity contribution in [3.8, 4) is 0 Å². The fourth-order valence-corrected chi connectivity index (χ4v) is 6.14. The summed E-state index contributed by atoms with van der Waals surface area (Å²) < 4.78 is 1.54. The summed E-state index contributed by atoms with van der Waals surface area (Å²) >= 11 is 1.41. The molecule has 0 saturated carbocycles. The molecule has 37 heavy (non-hydrogen) atoms. The van der Waals surface area contributed by atoms with Crippen LogP contribution in [0.4, 0.5) is 10.5 Å². The summed E-state index contributed by atoms with van der Waals surface area (Å²) in [5.74, 6) is -0.0260. The Labute approximate surface area is 221 Å². The number of anilines is 1. The van der Waals surface area contributed by atoms with Crippen LogP contribution in [0.3, 0.4) is 0 Å². The molecule has 0 atom stereocenters. The van der Waals surface area contributed by atoms with Gasteiger partial charge in [0.1, 0.15) is 0 Å². The van der Waals surface area contributed by atoms with E-state index in [0.29, 0.717) is 47.8 Å². The number of piperidine rings is 1. The number of likely N-dealkylation sites (tertiary alicyclic amines) is 2. The SMILES string of the molecule is CSc1nc2cc(C(=O)N3CCC4(CCN(C(=O)Nc5ccc(C)cc5C)CC4)C3)ccc2c(=O)n1C. The normalized spacial score (nSPS) is 17.0. The Balaban J connectivity index is 1.23. The molecule has 0 bridgehead atoms. The summed E-state index contributed by atoms with van der Waals surface area (Å²) in [5.41, 5.74) is 4.12. The van der Waals surface area contributed by atoms with Gasteiger partial charge in [-0.15, -0.1) is 0 Å². The number of carbonyl (C=O) groups excluding carboxylic acids is 2. The molecular formula is C28H33N5O3S. The van der Waals surface area contributed by atoms with E-state index in [1.165, 1.54) is 21.9 Å². The molecule has 2 aromatic carbocycles. The highest BCUT2D eigenvalue weighted by Gasteiger charge is 2.43. The van der Waals surface area contributed by atoms with Crippen LogP contribution in [0.5, 0.6) is 0 Å². The van der Waals surface area contributed by atoms with Crippen LogP contribution in [-0.4, -0.2) is 63.7 Å². The Morgan fingerprint density at radius 1 is 1.00 bits per heavy atom. The van der Waals surface area contributed by atoms with Crippen LogP contribution in [0.25, 0.3) is 10.9 Å². The van der Waals surface area contributed by atoms with Crippen molar-refractivity contribution in [3.63, 3.8) is 0 Å². The molecule has 2 saturated heterocycles. The number of aromatic nitrogens is 2. The van der Waals surface area contributed by atoms with Crippen molar-refractivity contribution < 1.29 is 9.59 Å². The number of carbonyl (C=O) groups is 2. The molecule has 1 aromatic heterocycles. The number of amides is 3. The summed E-state index contributed by atoms with van der Waals surface area (Å²) in [5, 5.41) is 4.19. The zero-order chi connectivity index (χ0) is 26.3. The maximum absolute atomic E-state index is 13.4. The zero-order valence-corrected chi connectivity index (χ0v) is 22.7. The molecule has 1 N–H and O–H groups in total. The van der Waals surface area contributed by atoms with E-state index in [-0.39, 0.29) is 22.9 Å². The number of benzene rings is 2. The van der Waals surface area contributed by atoms with Crippen LogP contribution in [-0.2, 0) is 7.05 Å². The summed E-state index contributed by atoms with van der Waals surface area (Å²) in [6, 6.07) is 11.1. The molecule has 0 radical (unpaired) electrons. The van der Waals surface area contributed by atoms with Crippen molar-refractivity contribution in [2.45, 2.75) is 38.3 Å². The van der Waals surface area contributed by atoms with Gasteiger partial charge in [-0.2, -0.15) is 0 Å². The van der Waals surface area contributed by atoms with Gasteiger partial charge in [-0.25, -0.2) is 9.78 Å². The summed E-state index contributed by atoms with van der Waals surface area (Å²) in [7, 11) is 1.71. The predicted molar refractivity (Wildman–Crippen MR) is 147 cm³/mol. The van der Waals surface area contributed by atoms with Crippen LogP contribution in [0, 0.1) is 19.3 Å². The lowest BCUT2D eigenvalue weighted by molar-refractivity contribution is 0.0739. The Bertz CT molecular complexity index is 1440. The second-order valence-electron chi connectivity index (χ2n) is 10.4. The Kier molecular flexibility index (Phi) is 6.74. The molecule has 8 nitrogen and oxygen atoms in total. The van der Waals surface area contributed by atoms with E-state index >= 15 is 0 Å². The first-order valence-corrected chi connectivity index (χ1v) is 13.9. The lowest BCUT2D eigenvalue weighted by Gasteiger charge is -2.39. The van der Waals surface area contributed by atoms with E-state index < -0.39 is 0 Å². The van der Waals surface area contributed by atoms with Crippen molar-refractivity contribution in [3.05, 3.63) is 63.4 Å². The quantitative estimate of drug-likeness (QED) is 0.409. The first-order valence-electron chi connectivity index (χ1n) is 12.7. The van der Waals surface area contributed by atoms with Crippen LogP contribution >= 0.6 is 11.8 Å². The van der Waals surface area contributed by atoms with E-state index in [1.54, 1.807) is 25.2 Å². The number of hydrogen-bond donors (Lipinski definition) is 1. The standard InChI is InChI=1S/C28H33N5O3S/c1-18-5-8-22(19(2)15-18)29-26(36)32-12-9-28(10-13-32)11-14-33(17-28)24(34)20-6-7-21-23(16-20)30-27(37-4)31(3)25(21)35/h5-8,15-16H,9-14,17H2,1-4H3,(H,29,36). The Morgan fingerprint density at radius 3 is 2.38 bits per heavy atom. The van der Waals surface area contributed by atoms with Crippen molar-refractivity contribution in [1.29, 1.82) is 0 Å². The minimum absolute atomic E-state index is 0.0260. The summed E-state index contributed by atoms with van der Waals surface area (Å²) in [6.45, 7) is 6.80. The van der Waals surface area contributed by atoms with E-state index in [4.69, 9.17) is 0 Å². The number of rotatable bonds is 3. The van der Waals surface area contributed by atoms with Gasteiger partial charge in [-0.05, 0) is 74.6 Å². The third kappa shape index (κ3) is 4.84. The van der Waals surface area contributed by atoms with Gasteiger partial charge in [-0.1, -0.05) is 29.5 Å². The van der Waals surface area contributed by atoms with Gasteiger partial charge in [0, 0.05) is 44.5 Å². The highest BCUT2D eigenvalue weighted by molar-refractivity contribution is 7.98. The van der Waals surface area contributed by atoms with Crippen molar-refractivity contribution in [2.24, 2.45) is 12.5 Å². The molecule has 2 fully saturated rings. The topological polar surface area (TPSA) is 87.5 Å². The molecule has 2 aliphatic heterocycles. The van der Waals surface area contributed by atoms with Gasteiger partial charge >= 0.3 is 6.03 Å². The minimum atomic E-state index is -0.109. The van der Waals surface area contributed by atoms with E-state index in [0.717, 1.165) is 30.5 Å². The lowest BCUT2D eigenvalue weighted by Crippen LogP contribution is -2.46. The van der Waals surface area contributed by atoms with Crippen molar-refractivity contribution >= 4 is 40.3 Å². The second kappa shape index (κ2) is 9.85. The predicted octanol–water partition coefficient (Wildman–Crippen LogP) is 4.43. The Morgan fingerprint density at radius 2 is 1.70 bits per heavy atom. The minimum Gasteiger partial charge on any atom is -0.338 e. The van der Waals surface area contributed by atoms with Crippen LogP contribution in [0.2, 0.25) is 0 Å². The molecule has 0 unspecified atom stereocenters. The van der Waals surface area contributed by atoms with Gasteiger partial charge in [0.05, 0.1) is 10.9 Å². The molecule has 0 aliphatic carbocycles. The van der Waals surface area contributed by atoms with Crippen molar-refractivity contribution in [2.75, 3.05) is 37.8 Å². The molecule has 3 amide bonds. The first kappa shape index (κ1) is 25.3. The van der Waals surface area contributed by atoms with Gasteiger partial charge in [0.2, 0.25) is 0 Å². The molecular weight excluding hydrogens is 486 g/mol. The second-order valence-corrected chi connectivity index (χ2v) is 11.2. The van der Waals surface area contributed by atoms with Crippen LogP contribution in [0.1, 0.15) is 40.7 Å². The molecule has 9 heteroatoms. The maximum atomic E-state index is 13.4. The number of nitrogens with zero attached hydrogens (tertiary/aromatic N) is 4. The highest BCUT2D eigenvalue weighted by Crippen LogP contribution is 2.41. The number of fused-ring (bicyclic) bond motifs is 1. The maximum Gasteiger partial charge on any atom is 0.321 e. The van der Waals surface area contributed by atoms with Gasteiger partial charge in [-0.3, -0.25) is 14.2 Å². The van der Waals surface area contributed by atoms with E-state index in [2.05, 4.69) is 16.4 Å². The molecule has 194 valence electrons. The number of aryl methyl sites for hydroxylation is 2. The third-order valence-corrected chi connectivity index (χ3v) is 8.66. The van der Waals surface area contributed by atoms with Gasteiger partial charge in [0.25, 0.3) is 11.5 Å². The monoisotopic (exact) mass is 519 g/mol. The molecule has 5 rings (SSSR count). The average Bonchev–Trinajstić information content (AvgIpc) is 3.30. The first-order chi connectivity index (χ1) is 17.7. The van der Waals surface area contributed by atoms with Gasteiger partial charge in [0.15, 0.2) is 5.16 Å². The molecule has 1 spiro atoms. The third-order valence-electron chi connectivity index (χ3n) is 7.93. The fraction of sp³-hybridized carbons (Fsp3) is 0.429. The van der Waals surface area contributed by atoms with Crippen molar-refractivity contribution in [1.82, 2.24) is 19.4 Å². The van der Waals surface area contributed by atoms with Crippen LogP contribution < -0.4 is 10.9 Å². The molecule has 3 aromatic rings.